The molecule has 0 saturated carbocycles. The number of benzene rings is 3. The first-order valence-electron chi connectivity index (χ1n) is 11.9. The number of carbonyl (C=O) groups excluding carboxylic acids is 1. The molecule has 8 heteroatoms. The van der Waals surface area contributed by atoms with E-state index in [1.807, 2.05) is 90.8 Å². The normalized spacial score (nSPS) is 12.5. The van der Waals surface area contributed by atoms with Crippen molar-refractivity contribution >= 4 is 23.6 Å². The molecule has 0 saturated heterocycles. The number of halogens is 1. The standard InChI is InChI=1S/C29H29ClN4O3/c1-20(27(35)22-14-8-5-9-15-22)34(3)29(36)37-25-18-31-28(33(2)19-21-12-6-4-7-13-21)32-26(25)23-16-10-11-17-24(23)30/h4-18,20,27,35H,19H2,1-3H3. The van der Waals surface area contributed by atoms with Crippen LogP contribution in [0.1, 0.15) is 24.2 Å². The van der Waals surface area contributed by atoms with E-state index in [4.69, 9.17) is 21.3 Å². The summed E-state index contributed by atoms with van der Waals surface area (Å²) in [5.41, 5.74) is 2.83. The molecular weight excluding hydrogens is 488 g/mol. The lowest BCUT2D eigenvalue weighted by Crippen LogP contribution is -2.40. The summed E-state index contributed by atoms with van der Waals surface area (Å²) in [5.74, 6) is 0.628. The minimum Gasteiger partial charge on any atom is -0.406 e. The third kappa shape index (κ3) is 6.25. The van der Waals surface area contributed by atoms with Gasteiger partial charge in [-0.25, -0.2) is 14.8 Å². The lowest BCUT2D eigenvalue weighted by molar-refractivity contribution is 0.0707. The molecule has 4 rings (SSSR count). The van der Waals surface area contributed by atoms with Crippen LogP contribution in [0.15, 0.2) is 91.1 Å². The van der Waals surface area contributed by atoms with Crippen LogP contribution in [0.2, 0.25) is 5.02 Å². The van der Waals surface area contributed by atoms with Crippen LogP contribution >= 0.6 is 11.6 Å². The van der Waals surface area contributed by atoms with Gasteiger partial charge in [-0.1, -0.05) is 90.5 Å². The number of likely N-dealkylation sites (N-methyl/N-ethyl adjacent to an activating group) is 1. The van der Waals surface area contributed by atoms with Gasteiger partial charge in [-0.2, -0.15) is 0 Å². The Hall–Kier alpha value is -3.94. The Bertz CT molecular complexity index is 1340. The number of amides is 1. The van der Waals surface area contributed by atoms with E-state index >= 15 is 0 Å². The summed E-state index contributed by atoms with van der Waals surface area (Å²) < 4.78 is 5.75. The number of ether oxygens (including phenoxy) is 1. The molecule has 37 heavy (non-hydrogen) atoms. The Morgan fingerprint density at radius 1 is 0.973 bits per heavy atom. The smallest absolute Gasteiger partial charge is 0.406 e. The molecular formula is C29H29ClN4O3. The molecule has 4 aromatic rings. The Morgan fingerprint density at radius 2 is 1.59 bits per heavy atom. The Labute approximate surface area is 221 Å². The number of rotatable bonds is 8. The SMILES string of the molecule is CC(C(O)c1ccccc1)N(C)C(=O)Oc1cnc(N(C)Cc2ccccc2)nc1-c1ccccc1Cl. The summed E-state index contributed by atoms with van der Waals surface area (Å²) in [4.78, 5) is 25.6. The molecule has 0 radical (unpaired) electrons. The van der Waals surface area contributed by atoms with Gasteiger partial charge < -0.3 is 19.6 Å². The average molecular weight is 517 g/mol. The number of nitrogens with zero attached hydrogens (tertiary/aromatic N) is 4. The number of aromatic nitrogens is 2. The maximum Gasteiger partial charge on any atom is 0.415 e. The molecule has 0 spiro atoms. The molecule has 0 aliphatic rings. The van der Waals surface area contributed by atoms with Crippen LogP contribution in [0.4, 0.5) is 10.7 Å². The third-order valence-electron chi connectivity index (χ3n) is 6.17. The Kier molecular flexibility index (Phi) is 8.38. The van der Waals surface area contributed by atoms with Crippen LogP contribution in [0.25, 0.3) is 11.3 Å². The van der Waals surface area contributed by atoms with Gasteiger partial charge in [0.15, 0.2) is 5.75 Å². The minimum absolute atomic E-state index is 0.170. The molecule has 2 atom stereocenters. The predicted octanol–water partition coefficient (Wildman–Crippen LogP) is 5.99. The van der Waals surface area contributed by atoms with Crippen LogP contribution in [0.3, 0.4) is 0 Å². The first kappa shape index (κ1) is 26.1. The Balaban J connectivity index is 1.60. The van der Waals surface area contributed by atoms with Gasteiger partial charge in [0.05, 0.1) is 23.4 Å². The maximum absolute atomic E-state index is 13.1. The van der Waals surface area contributed by atoms with E-state index in [9.17, 15) is 9.90 Å². The number of hydrogen-bond donors (Lipinski definition) is 1. The zero-order valence-corrected chi connectivity index (χ0v) is 21.7. The van der Waals surface area contributed by atoms with Gasteiger partial charge in [0.1, 0.15) is 5.69 Å². The Morgan fingerprint density at radius 3 is 2.27 bits per heavy atom. The molecule has 0 fully saturated rings. The highest BCUT2D eigenvalue weighted by atomic mass is 35.5. The summed E-state index contributed by atoms with van der Waals surface area (Å²) in [7, 11) is 3.47. The average Bonchev–Trinajstić information content (AvgIpc) is 2.93. The highest BCUT2D eigenvalue weighted by Crippen LogP contribution is 2.34. The number of aliphatic hydroxyl groups is 1. The van der Waals surface area contributed by atoms with Crippen molar-refractivity contribution < 1.29 is 14.6 Å². The summed E-state index contributed by atoms with van der Waals surface area (Å²) in [5, 5.41) is 11.2. The van der Waals surface area contributed by atoms with Crippen LogP contribution in [-0.4, -0.2) is 46.2 Å². The number of anilines is 1. The molecule has 0 aliphatic heterocycles. The van der Waals surface area contributed by atoms with Gasteiger partial charge >= 0.3 is 6.09 Å². The second-order valence-electron chi connectivity index (χ2n) is 8.78. The first-order valence-corrected chi connectivity index (χ1v) is 12.3. The maximum atomic E-state index is 13.1. The fraction of sp³-hybridized carbons (Fsp3) is 0.207. The molecule has 1 heterocycles. The van der Waals surface area contributed by atoms with Crippen molar-refractivity contribution in [1.82, 2.24) is 14.9 Å². The highest BCUT2D eigenvalue weighted by Gasteiger charge is 2.27. The van der Waals surface area contributed by atoms with Crippen molar-refractivity contribution in [3.05, 3.63) is 107 Å². The summed E-state index contributed by atoms with van der Waals surface area (Å²) in [6.45, 7) is 2.35. The second-order valence-corrected chi connectivity index (χ2v) is 9.19. The van der Waals surface area contributed by atoms with Crippen molar-refractivity contribution in [1.29, 1.82) is 0 Å². The van der Waals surface area contributed by atoms with E-state index in [1.165, 1.54) is 11.1 Å². The van der Waals surface area contributed by atoms with E-state index in [2.05, 4.69) is 4.98 Å². The molecule has 190 valence electrons. The van der Waals surface area contributed by atoms with E-state index in [0.717, 1.165) is 5.56 Å². The van der Waals surface area contributed by atoms with E-state index < -0.39 is 18.2 Å². The molecule has 1 aromatic heterocycles. The number of carbonyl (C=O) groups is 1. The predicted molar refractivity (Wildman–Crippen MR) is 146 cm³/mol. The molecule has 2 unspecified atom stereocenters. The fourth-order valence-corrected chi connectivity index (χ4v) is 4.09. The van der Waals surface area contributed by atoms with Crippen LogP contribution in [0, 0.1) is 0 Å². The zero-order valence-electron chi connectivity index (χ0n) is 21.0. The van der Waals surface area contributed by atoms with E-state index in [-0.39, 0.29) is 5.75 Å². The van der Waals surface area contributed by atoms with Crippen molar-refractivity contribution in [2.24, 2.45) is 0 Å². The van der Waals surface area contributed by atoms with Crippen molar-refractivity contribution in [3.8, 4) is 17.0 Å². The highest BCUT2D eigenvalue weighted by molar-refractivity contribution is 6.33. The van der Waals surface area contributed by atoms with Crippen molar-refractivity contribution in [3.63, 3.8) is 0 Å². The third-order valence-corrected chi connectivity index (χ3v) is 6.50. The lowest BCUT2D eigenvalue weighted by Gasteiger charge is -2.28. The molecule has 1 N–H and O–H groups in total. The van der Waals surface area contributed by atoms with Crippen LogP contribution in [0.5, 0.6) is 5.75 Å². The van der Waals surface area contributed by atoms with Gasteiger partial charge in [0.2, 0.25) is 5.95 Å². The van der Waals surface area contributed by atoms with Crippen LogP contribution < -0.4 is 9.64 Å². The van der Waals surface area contributed by atoms with Gasteiger partial charge in [-0.3, -0.25) is 0 Å². The number of hydrogen-bond acceptors (Lipinski definition) is 6. The van der Waals surface area contributed by atoms with Crippen molar-refractivity contribution in [2.45, 2.75) is 25.6 Å². The largest absolute Gasteiger partial charge is 0.415 e. The number of aliphatic hydroxyl groups excluding tert-OH is 1. The topological polar surface area (TPSA) is 78.8 Å². The summed E-state index contributed by atoms with van der Waals surface area (Å²) in [6, 6.07) is 25.8. The molecule has 0 bridgehead atoms. The lowest BCUT2D eigenvalue weighted by atomic mass is 10.0. The van der Waals surface area contributed by atoms with Gasteiger partial charge in [0.25, 0.3) is 0 Å². The minimum atomic E-state index is -0.882. The molecule has 7 nitrogen and oxygen atoms in total. The summed E-state index contributed by atoms with van der Waals surface area (Å²) in [6.07, 6.45) is -0.0520. The van der Waals surface area contributed by atoms with E-state index in [0.29, 0.717) is 34.3 Å². The zero-order chi connectivity index (χ0) is 26.4. The van der Waals surface area contributed by atoms with Gasteiger partial charge in [-0.15, -0.1) is 0 Å². The van der Waals surface area contributed by atoms with Gasteiger partial charge in [0, 0.05) is 26.2 Å². The second kappa shape index (κ2) is 11.9. The summed E-state index contributed by atoms with van der Waals surface area (Å²) >= 11 is 6.49. The molecule has 1 amide bonds. The first-order chi connectivity index (χ1) is 17.8. The quantitative estimate of drug-likeness (QED) is 0.310. The van der Waals surface area contributed by atoms with Crippen LogP contribution in [-0.2, 0) is 6.54 Å². The van der Waals surface area contributed by atoms with Crippen molar-refractivity contribution in [2.75, 3.05) is 19.0 Å². The molecule has 0 aliphatic carbocycles. The van der Waals surface area contributed by atoms with E-state index in [1.54, 1.807) is 20.0 Å². The fourth-order valence-electron chi connectivity index (χ4n) is 3.87. The van der Waals surface area contributed by atoms with Gasteiger partial charge in [-0.05, 0) is 24.1 Å². The molecule has 3 aromatic carbocycles. The monoisotopic (exact) mass is 516 g/mol.